The summed E-state index contributed by atoms with van der Waals surface area (Å²) in [6.07, 6.45) is -0.166. The van der Waals surface area contributed by atoms with Gasteiger partial charge >= 0.3 is 0 Å². The molecule has 82 valence electrons. The van der Waals surface area contributed by atoms with Crippen molar-refractivity contribution in [3.8, 4) is 0 Å². The van der Waals surface area contributed by atoms with Gasteiger partial charge in [-0.05, 0) is 17.7 Å². The topological polar surface area (TPSA) is 12.0 Å². The maximum absolute atomic E-state index is 13.2. The number of benzene rings is 1. The van der Waals surface area contributed by atoms with Gasteiger partial charge in [0.2, 0.25) is 0 Å². The predicted molar refractivity (Wildman–Crippen MR) is 59.1 cm³/mol. The molecule has 1 aromatic carbocycles. The minimum Gasteiger partial charge on any atom is -0.310 e. The van der Waals surface area contributed by atoms with Gasteiger partial charge in [0.1, 0.15) is 0 Å². The molecule has 1 aliphatic rings. The van der Waals surface area contributed by atoms with Crippen LogP contribution in [0.15, 0.2) is 28.7 Å². The van der Waals surface area contributed by atoms with E-state index in [1.165, 1.54) is 0 Å². The molecule has 1 fully saturated rings. The van der Waals surface area contributed by atoms with E-state index in [1.807, 2.05) is 24.3 Å². The Hall–Kier alpha value is -0.480. The predicted octanol–water partition coefficient (Wildman–Crippen LogP) is 3.51. The van der Waals surface area contributed by atoms with Gasteiger partial charge < -0.3 is 5.32 Å². The number of alkyl halides is 2. The first-order chi connectivity index (χ1) is 7.07. The first-order valence-corrected chi connectivity index (χ1v) is 5.73. The molecule has 0 spiro atoms. The van der Waals surface area contributed by atoms with Gasteiger partial charge in [-0.1, -0.05) is 28.1 Å². The van der Waals surface area contributed by atoms with Crippen molar-refractivity contribution in [3.63, 3.8) is 0 Å². The van der Waals surface area contributed by atoms with E-state index in [0.717, 1.165) is 10.0 Å². The van der Waals surface area contributed by atoms with Crippen LogP contribution in [-0.4, -0.2) is 12.5 Å². The number of hydrogen-bond donors (Lipinski definition) is 1. The van der Waals surface area contributed by atoms with E-state index in [0.29, 0.717) is 6.54 Å². The number of rotatable bonds is 1. The van der Waals surface area contributed by atoms with Crippen LogP contribution in [0.5, 0.6) is 0 Å². The Morgan fingerprint density at radius 1 is 1.40 bits per heavy atom. The highest BCUT2D eigenvalue weighted by Crippen LogP contribution is 2.34. The summed E-state index contributed by atoms with van der Waals surface area (Å²) in [6, 6.07) is 7.30. The van der Waals surface area contributed by atoms with Gasteiger partial charge in [0.05, 0.1) is 0 Å². The first kappa shape index (κ1) is 11.0. The molecule has 1 aliphatic heterocycles. The zero-order valence-electron chi connectivity index (χ0n) is 8.14. The second kappa shape index (κ2) is 4.18. The highest BCUT2D eigenvalue weighted by atomic mass is 79.9. The highest BCUT2D eigenvalue weighted by Gasteiger charge is 2.36. The smallest absolute Gasteiger partial charge is 0.251 e. The molecule has 0 amide bonds. The molecule has 1 N–H and O–H groups in total. The average molecular weight is 276 g/mol. The fourth-order valence-corrected chi connectivity index (χ4v) is 2.28. The molecule has 0 aliphatic carbocycles. The summed E-state index contributed by atoms with van der Waals surface area (Å²) in [4.78, 5) is 0. The second-order valence-corrected chi connectivity index (χ2v) is 4.79. The van der Waals surface area contributed by atoms with Gasteiger partial charge in [-0.25, -0.2) is 8.78 Å². The van der Waals surface area contributed by atoms with Crippen LogP contribution in [0.2, 0.25) is 0 Å². The van der Waals surface area contributed by atoms with Crippen molar-refractivity contribution in [1.82, 2.24) is 5.32 Å². The van der Waals surface area contributed by atoms with Crippen molar-refractivity contribution in [2.45, 2.75) is 24.8 Å². The Kier molecular flexibility index (Phi) is 3.07. The third-order valence-corrected chi connectivity index (χ3v) is 3.13. The van der Waals surface area contributed by atoms with Crippen LogP contribution in [0, 0.1) is 0 Å². The molecule has 1 heterocycles. The van der Waals surface area contributed by atoms with Crippen LogP contribution < -0.4 is 5.32 Å². The molecular weight excluding hydrogens is 264 g/mol. The van der Waals surface area contributed by atoms with E-state index in [2.05, 4.69) is 21.2 Å². The van der Waals surface area contributed by atoms with Crippen LogP contribution in [0.1, 0.15) is 24.4 Å². The van der Waals surface area contributed by atoms with Crippen LogP contribution in [0.25, 0.3) is 0 Å². The summed E-state index contributed by atoms with van der Waals surface area (Å²) in [5.74, 6) is -2.53. The fourth-order valence-electron chi connectivity index (χ4n) is 1.86. The van der Waals surface area contributed by atoms with Crippen molar-refractivity contribution in [2.24, 2.45) is 0 Å². The molecular formula is C11H12BrF2N. The quantitative estimate of drug-likeness (QED) is 0.827. The molecule has 0 aromatic heterocycles. The molecule has 0 bridgehead atoms. The molecule has 0 saturated carbocycles. The Morgan fingerprint density at radius 2 is 2.20 bits per heavy atom. The molecule has 15 heavy (non-hydrogen) atoms. The van der Waals surface area contributed by atoms with Gasteiger partial charge in [0, 0.05) is 29.9 Å². The van der Waals surface area contributed by atoms with Crippen LogP contribution in [0.3, 0.4) is 0 Å². The van der Waals surface area contributed by atoms with E-state index in [9.17, 15) is 8.78 Å². The summed E-state index contributed by atoms with van der Waals surface area (Å²) >= 11 is 3.34. The maximum Gasteiger partial charge on any atom is 0.251 e. The minimum atomic E-state index is -2.53. The zero-order chi connectivity index (χ0) is 10.9. The molecule has 1 nitrogen and oxygen atoms in total. The lowest BCUT2D eigenvalue weighted by Gasteiger charge is -2.30. The third kappa shape index (κ3) is 2.75. The van der Waals surface area contributed by atoms with E-state index >= 15 is 0 Å². The number of halogens is 3. The van der Waals surface area contributed by atoms with E-state index in [4.69, 9.17) is 0 Å². The Bertz CT molecular complexity index is 354. The lowest BCUT2D eigenvalue weighted by Crippen LogP contribution is -2.38. The maximum atomic E-state index is 13.2. The van der Waals surface area contributed by atoms with Gasteiger partial charge in [0.25, 0.3) is 5.92 Å². The van der Waals surface area contributed by atoms with E-state index in [-0.39, 0.29) is 18.9 Å². The van der Waals surface area contributed by atoms with E-state index in [1.54, 1.807) is 0 Å². The average Bonchev–Trinajstić information content (AvgIpc) is 2.16. The molecule has 1 saturated heterocycles. The second-order valence-electron chi connectivity index (χ2n) is 3.87. The lowest BCUT2D eigenvalue weighted by atomic mass is 9.95. The molecule has 2 rings (SSSR count). The van der Waals surface area contributed by atoms with Gasteiger partial charge in [-0.15, -0.1) is 0 Å². The summed E-state index contributed by atoms with van der Waals surface area (Å²) in [6.45, 7) is 0.379. The molecule has 1 unspecified atom stereocenters. The van der Waals surface area contributed by atoms with Crippen LogP contribution in [0.4, 0.5) is 8.78 Å². The Morgan fingerprint density at radius 3 is 2.87 bits per heavy atom. The molecule has 4 heteroatoms. The largest absolute Gasteiger partial charge is 0.310 e. The minimum absolute atomic E-state index is 0.0580. The lowest BCUT2D eigenvalue weighted by molar-refractivity contribution is -0.0415. The molecule has 1 aromatic rings. The zero-order valence-corrected chi connectivity index (χ0v) is 9.73. The monoisotopic (exact) mass is 275 g/mol. The number of nitrogens with one attached hydrogen (secondary N) is 1. The third-order valence-electron chi connectivity index (χ3n) is 2.64. The fraction of sp³-hybridized carbons (Fsp3) is 0.455. The Balaban J connectivity index is 2.17. The van der Waals surface area contributed by atoms with Crippen molar-refractivity contribution in [3.05, 3.63) is 34.3 Å². The van der Waals surface area contributed by atoms with Gasteiger partial charge in [-0.3, -0.25) is 0 Å². The van der Waals surface area contributed by atoms with Crippen molar-refractivity contribution in [2.75, 3.05) is 6.54 Å². The highest BCUT2D eigenvalue weighted by molar-refractivity contribution is 9.10. The van der Waals surface area contributed by atoms with Crippen molar-refractivity contribution in [1.29, 1.82) is 0 Å². The van der Waals surface area contributed by atoms with Crippen molar-refractivity contribution < 1.29 is 8.78 Å². The van der Waals surface area contributed by atoms with Crippen LogP contribution in [-0.2, 0) is 0 Å². The number of hydrogen-bond acceptors (Lipinski definition) is 1. The van der Waals surface area contributed by atoms with Crippen LogP contribution >= 0.6 is 15.9 Å². The van der Waals surface area contributed by atoms with Crippen molar-refractivity contribution >= 4 is 15.9 Å². The number of piperidine rings is 1. The summed E-state index contributed by atoms with van der Waals surface area (Å²) in [7, 11) is 0. The van der Waals surface area contributed by atoms with Gasteiger partial charge in [0.15, 0.2) is 0 Å². The molecule has 1 atom stereocenters. The first-order valence-electron chi connectivity index (χ1n) is 4.93. The summed E-state index contributed by atoms with van der Waals surface area (Å²) in [5, 5.41) is 3.12. The van der Waals surface area contributed by atoms with Gasteiger partial charge in [-0.2, -0.15) is 0 Å². The Labute approximate surface area is 96.0 Å². The normalized spacial score (nSPS) is 25.1. The van der Waals surface area contributed by atoms with E-state index < -0.39 is 5.92 Å². The standard InChI is InChI=1S/C11H12BrF2N/c12-9-3-1-2-8(6-9)10-7-11(13,14)4-5-15-10/h1-3,6,10,15H,4-5,7H2. The summed E-state index contributed by atoms with van der Waals surface area (Å²) in [5.41, 5.74) is 0.920. The summed E-state index contributed by atoms with van der Waals surface area (Å²) < 4.78 is 27.3. The SMILES string of the molecule is FC1(F)CCNC(c2cccc(Br)c2)C1. The molecule has 0 radical (unpaired) electrons.